The molecule has 2 rings (SSSR count). The van der Waals surface area contributed by atoms with Crippen LogP contribution in [-0.4, -0.2) is 54.5 Å². The molecule has 1 atom stereocenters. The third kappa shape index (κ3) is 4.78. The van der Waals surface area contributed by atoms with E-state index < -0.39 is 0 Å². The Hall–Kier alpha value is -1.10. The highest BCUT2D eigenvalue weighted by molar-refractivity contribution is 5.85. The zero-order valence-electron chi connectivity index (χ0n) is 12.0. The first-order valence-electron chi connectivity index (χ1n) is 6.97. The Balaban J connectivity index is 0.00000200. The number of carbonyl (C=O) groups excluding carboxylic acids is 1. The van der Waals surface area contributed by atoms with Gasteiger partial charge in [0.05, 0.1) is 6.04 Å². The monoisotopic (exact) mass is 297 g/mol. The molecule has 1 heterocycles. The Morgan fingerprint density at radius 3 is 2.35 bits per heavy atom. The molecule has 20 heavy (non-hydrogen) atoms. The van der Waals surface area contributed by atoms with Gasteiger partial charge in [-0.3, -0.25) is 9.69 Å². The van der Waals surface area contributed by atoms with E-state index in [1.165, 1.54) is 5.56 Å². The van der Waals surface area contributed by atoms with Crippen LogP contribution in [0.5, 0.6) is 0 Å². The molecular weight excluding hydrogens is 274 g/mol. The second kappa shape index (κ2) is 8.25. The quantitative estimate of drug-likeness (QED) is 0.907. The van der Waals surface area contributed by atoms with Crippen LogP contribution in [-0.2, 0) is 11.2 Å². The standard InChI is InChI=1S/C15H23N3O.ClH/c1-13(16)15(19)18-11-9-17(10-12-18)8-7-14-5-3-2-4-6-14;/h2-6,13H,7-12,16H2,1H3;1H. The highest BCUT2D eigenvalue weighted by Gasteiger charge is 2.22. The van der Waals surface area contributed by atoms with Gasteiger partial charge in [0.2, 0.25) is 5.91 Å². The maximum Gasteiger partial charge on any atom is 0.239 e. The van der Waals surface area contributed by atoms with Gasteiger partial charge in [0.25, 0.3) is 0 Å². The summed E-state index contributed by atoms with van der Waals surface area (Å²) in [5.41, 5.74) is 7.00. The number of halogens is 1. The fraction of sp³-hybridized carbons (Fsp3) is 0.533. The second-order valence-corrected chi connectivity index (χ2v) is 5.19. The van der Waals surface area contributed by atoms with Gasteiger partial charge < -0.3 is 10.6 Å². The van der Waals surface area contributed by atoms with Crippen LogP contribution in [0.1, 0.15) is 12.5 Å². The van der Waals surface area contributed by atoms with Gasteiger partial charge in [-0.25, -0.2) is 0 Å². The number of piperazine rings is 1. The third-order valence-electron chi connectivity index (χ3n) is 3.63. The fourth-order valence-electron chi connectivity index (χ4n) is 2.41. The minimum atomic E-state index is -0.379. The molecule has 4 nitrogen and oxygen atoms in total. The number of hydrogen-bond donors (Lipinski definition) is 1. The van der Waals surface area contributed by atoms with Crippen molar-refractivity contribution in [2.75, 3.05) is 32.7 Å². The van der Waals surface area contributed by atoms with Crippen LogP contribution in [0.15, 0.2) is 30.3 Å². The van der Waals surface area contributed by atoms with Gasteiger partial charge in [0, 0.05) is 32.7 Å². The molecule has 112 valence electrons. The first-order valence-corrected chi connectivity index (χ1v) is 6.97. The number of amides is 1. The van der Waals surface area contributed by atoms with E-state index in [2.05, 4.69) is 29.2 Å². The van der Waals surface area contributed by atoms with Gasteiger partial charge >= 0.3 is 0 Å². The van der Waals surface area contributed by atoms with Crippen LogP contribution in [0.2, 0.25) is 0 Å². The van der Waals surface area contributed by atoms with Crippen molar-refractivity contribution in [3.05, 3.63) is 35.9 Å². The summed E-state index contributed by atoms with van der Waals surface area (Å²) >= 11 is 0. The number of rotatable bonds is 4. The summed E-state index contributed by atoms with van der Waals surface area (Å²) in [6.07, 6.45) is 1.07. The maximum atomic E-state index is 11.8. The van der Waals surface area contributed by atoms with Gasteiger partial charge in [-0.05, 0) is 18.9 Å². The minimum Gasteiger partial charge on any atom is -0.339 e. The molecule has 1 aliphatic heterocycles. The fourth-order valence-corrected chi connectivity index (χ4v) is 2.41. The van der Waals surface area contributed by atoms with E-state index in [-0.39, 0.29) is 24.4 Å². The molecule has 1 fully saturated rings. The lowest BCUT2D eigenvalue weighted by atomic mass is 10.1. The molecule has 1 aromatic carbocycles. The lowest BCUT2D eigenvalue weighted by Crippen LogP contribution is -2.52. The van der Waals surface area contributed by atoms with Gasteiger partial charge in [-0.15, -0.1) is 12.4 Å². The summed E-state index contributed by atoms with van der Waals surface area (Å²) < 4.78 is 0. The topological polar surface area (TPSA) is 49.6 Å². The van der Waals surface area contributed by atoms with Gasteiger partial charge in [-0.1, -0.05) is 30.3 Å². The van der Waals surface area contributed by atoms with Crippen molar-refractivity contribution in [2.45, 2.75) is 19.4 Å². The van der Waals surface area contributed by atoms with Crippen molar-refractivity contribution < 1.29 is 4.79 Å². The van der Waals surface area contributed by atoms with Crippen molar-refractivity contribution in [3.8, 4) is 0 Å². The lowest BCUT2D eigenvalue weighted by molar-refractivity contribution is -0.133. The first kappa shape index (κ1) is 17.0. The Kier molecular flexibility index (Phi) is 6.99. The van der Waals surface area contributed by atoms with Crippen LogP contribution >= 0.6 is 12.4 Å². The molecule has 1 amide bonds. The van der Waals surface area contributed by atoms with E-state index in [1.54, 1.807) is 6.92 Å². The summed E-state index contributed by atoms with van der Waals surface area (Å²) in [5, 5.41) is 0. The van der Waals surface area contributed by atoms with Crippen molar-refractivity contribution in [3.63, 3.8) is 0 Å². The maximum absolute atomic E-state index is 11.8. The van der Waals surface area contributed by atoms with E-state index in [1.807, 2.05) is 11.0 Å². The molecule has 0 spiro atoms. The molecule has 2 N–H and O–H groups in total. The largest absolute Gasteiger partial charge is 0.339 e. The molecular formula is C15H24ClN3O. The minimum absolute atomic E-state index is 0. The number of nitrogens with zero attached hydrogens (tertiary/aromatic N) is 2. The predicted octanol–water partition coefficient (Wildman–Crippen LogP) is 1.14. The number of nitrogens with two attached hydrogens (primary N) is 1. The zero-order valence-corrected chi connectivity index (χ0v) is 12.8. The summed E-state index contributed by atoms with van der Waals surface area (Å²) in [5.74, 6) is 0.0720. The van der Waals surface area contributed by atoms with Gasteiger partial charge in [0.1, 0.15) is 0 Å². The normalized spacial score (nSPS) is 17.4. The predicted molar refractivity (Wildman–Crippen MR) is 84.1 cm³/mol. The molecule has 1 unspecified atom stereocenters. The smallest absolute Gasteiger partial charge is 0.239 e. The van der Waals surface area contributed by atoms with Crippen LogP contribution in [0.4, 0.5) is 0 Å². The molecule has 0 aliphatic carbocycles. The Morgan fingerprint density at radius 1 is 1.20 bits per heavy atom. The summed E-state index contributed by atoms with van der Waals surface area (Å²) in [7, 11) is 0. The molecule has 1 saturated heterocycles. The summed E-state index contributed by atoms with van der Waals surface area (Å²) in [4.78, 5) is 16.1. The third-order valence-corrected chi connectivity index (χ3v) is 3.63. The molecule has 0 aromatic heterocycles. The molecule has 5 heteroatoms. The zero-order chi connectivity index (χ0) is 13.7. The van der Waals surface area contributed by atoms with E-state index >= 15 is 0 Å². The Labute approximate surface area is 127 Å². The van der Waals surface area contributed by atoms with Crippen molar-refractivity contribution in [2.24, 2.45) is 5.73 Å². The highest BCUT2D eigenvalue weighted by atomic mass is 35.5. The van der Waals surface area contributed by atoms with Crippen LogP contribution < -0.4 is 5.73 Å². The van der Waals surface area contributed by atoms with Gasteiger partial charge in [-0.2, -0.15) is 0 Å². The van der Waals surface area contributed by atoms with E-state index in [9.17, 15) is 4.79 Å². The number of carbonyl (C=O) groups is 1. The average Bonchev–Trinajstić information content (AvgIpc) is 2.46. The summed E-state index contributed by atoms with van der Waals surface area (Å²) in [6.45, 7) is 6.31. The highest BCUT2D eigenvalue weighted by Crippen LogP contribution is 2.06. The van der Waals surface area contributed by atoms with Crippen LogP contribution in [0, 0.1) is 0 Å². The Morgan fingerprint density at radius 2 is 1.80 bits per heavy atom. The SMILES string of the molecule is CC(N)C(=O)N1CCN(CCc2ccccc2)CC1.Cl. The van der Waals surface area contributed by atoms with Crippen LogP contribution in [0.3, 0.4) is 0 Å². The molecule has 0 saturated carbocycles. The molecule has 0 radical (unpaired) electrons. The van der Waals surface area contributed by atoms with E-state index in [0.29, 0.717) is 0 Å². The van der Waals surface area contributed by atoms with Crippen molar-refractivity contribution in [1.82, 2.24) is 9.80 Å². The van der Waals surface area contributed by atoms with Crippen molar-refractivity contribution in [1.29, 1.82) is 0 Å². The first-order chi connectivity index (χ1) is 9.16. The second-order valence-electron chi connectivity index (χ2n) is 5.19. The van der Waals surface area contributed by atoms with Crippen LogP contribution in [0.25, 0.3) is 0 Å². The average molecular weight is 298 g/mol. The number of hydrogen-bond acceptors (Lipinski definition) is 3. The Bertz CT molecular complexity index is 403. The molecule has 0 bridgehead atoms. The molecule has 1 aromatic rings. The van der Waals surface area contributed by atoms with E-state index in [0.717, 1.165) is 39.1 Å². The lowest BCUT2D eigenvalue weighted by Gasteiger charge is -2.35. The van der Waals surface area contributed by atoms with Gasteiger partial charge in [0.15, 0.2) is 0 Å². The molecule has 1 aliphatic rings. The van der Waals surface area contributed by atoms with E-state index in [4.69, 9.17) is 5.73 Å². The van der Waals surface area contributed by atoms with Crippen molar-refractivity contribution >= 4 is 18.3 Å². The summed E-state index contributed by atoms with van der Waals surface area (Å²) in [6, 6.07) is 10.1. The number of benzene rings is 1.